The summed E-state index contributed by atoms with van der Waals surface area (Å²) in [5.74, 6) is 0. The summed E-state index contributed by atoms with van der Waals surface area (Å²) < 4.78 is 0. The lowest BCUT2D eigenvalue weighted by atomic mass is 9.99. The van der Waals surface area contributed by atoms with Crippen molar-refractivity contribution in [1.82, 2.24) is 10.3 Å². The van der Waals surface area contributed by atoms with Crippen LogP contribution in [0, 0.1) is 0 Å². The van der Waals surface area contributed by atoms with Crippen molar-refractivity contribution in [3.8, 4) is 0 Å². The first kappa shape index (κ1) is 11.2. The summed E-state index contributed by atoms with van der Waals surface area (Å²) in [6.07, 6.45) is 6.13. The van der Waals surface area contributed by atoms with Crippen LogP contribution in [0.15, 0.2) is 24.5 Å². The normalized spacial score (nSPS) is 11.6. The fourth-order valence-corrected chi connectivity index (χ4v) is 1.56. The summed E-state index contributed by atoms with van der Waals surface area (Å²) >= 11 is 0. The molecule has 0 unspecified atom stereocenters. The minimum atomic E-state index is 0.227. The molecular formula is C12H20N2. The van der Waals surface area contributed by atoms with E-state index in [1.54, 1.807) is 6.20 Å². The summed E-state index contributed by atoms with van der Waals surface area (Å²) in [4.78, 5) is 4.09. The van der Waals surface area contributed by atoms with Gasteiger partial charge < -0.3 is 5.32 Å². The Morgan fingerprint density at radius 1 is 1.43 bits per heavy atom. The zero-order valence-electron chi connectivity index (χ0n) is 9.38. The summed E-state index contributed by atoms with van der Waals surface area (Å²) in [5, 5.41) is 3.54. The maximum atomic E-state index is 4.09. The van der Waals surface area contributed by atoms with Gasteiger partial charge in [-0.15, -0.1) is 0 Å². The van der Waals surface area contributed by atoms with E-state index in [-0.39, 0.29) is 5.54 Å². The lowest BCUT2D eigenvalue weighted by Crippen LogP contribution is -2.38. The molecule has 0 aliphatic carbocycles. The molecule has 2 nitrogen and oxygen atoms in total. The standard InChI is InChI=1S/C12H20N2/c1-4-7-12(2,3)14-10-11-6-5-8-13-9-11/h5-6,8-9,14H,4,7,10H2,1-3H3. The maximum absolute atomic E-state index is 4.09. The van der Waals surface area contributed by atoms with Gasteiger partial charge >= 0.3 is 0 Å². The van der Waals surface area contributed by atoms with Crippen LogP contribution in [0.25, 0.3) is 0 Å². The molecule has 0 amide bonds. The summed E-state index contributed by atoms with van der Waals surface area (Å²) in [6.45, 7) is 7.61. The lowest BCUT2D eigenvalue weighted by molar-refractivity contribution is 0.356. The molecule has 0 aromatic carbocycles. The highest BCUT2D eigenvalue weighted by Crippen LogP contribution is 2.11. The molecule has 0 aliphatic heterocycles. The van der Waals surface area contributed by atoms with E-state index in [2.05, 4.69) is 37.1 Å². The van der Waals surface area contributed by atoms with Crippen LogP contribution in [0.2, 0.25) is 0 Å². The van der Waals surface area contributed by atoms with E-state index in [1.165, 1.54) is 18.4 Å². The van der Waals surface area contributed by atoms with Crippen LogP contribution < -0.4 is 5.32 Å². The Labute approximate surface area is 86.8 Å². The van der Waals surface area contributed by atoms with Crippen molar-refractivity contribution < 1.29 is 0 Å². The van der Waals surface area contributed by atoms with Crippen molar-refractivity contribution in [1.29, 1.82) is 0 Å². The Morgan fingerprint density at radius 3 is 2.79 bits per heavy atom. The topological polar surface area (TPSA) is 24.9 Å². The highest BCUT2D eigenvalue weighted by Gasteiger charge is 2.14. The Morgan fingerprint density at radius 2 is 2.21 bits per heavy atom. The molecule has 0 aliphatic rings. The number of rotatable bonds is 5. The van der Waals surface area contributed by atoms with Crippen LogP contribution in [-0.2, 0) is 6.54 Å². The minimum Gasteiger partial charge on any atom is -0.308 e. The van der Waals surface area contributed by atoms with Gasteiger partial charge in [-0.2, -0.15) is 0 Å². The largest absolute Gasteiger partial charge is 0.308 e. The van der Waals surface area contributed by atoms with Gasteiger partial charge in [0.15, 0.2) is 0 Å². The average Bonchev–Trinajstić information content (AvgIpc) is 2.17. The molecule has 0 spiro atoms. The molecule has 1 rings (SSSR count). The molecule has 0 radical (unpaired) electrons. The van der Waals surface area contributed by atoms with Crippen molar-refractivity contribution >= 4 is 0 Å². The lowest BCUT2D eigenvalue weighted by Gasteiger charge is -2.25. The van der Waals surface area contributed by atoms with Gasteiger partial charge in [-0.25, -0.2) is 0 Å². The first-order valence-electron chi connectivity index (χ1n) is 5.28. The summed E-state index contributed by atoms with van der Waals surface area (Å²) in [7, 11) is 0. The van der Waals surface area contributed by atoms with Crippen molar-refractivity contribution in [3.63, 3.8) is 0 Å². The number of hydrogen-bond donors (Lipinski definition) is 1. The Kier molecular flexibility index (Phi) is 4.08. The van der Waals surface area contributed by atoms with Crippen LogP contribution in [0.3, 0.4) is 0 Å². The van der Waals surface area contributed by atoms with E-state index in [0.29, 0.717) is 0 Å². The van der Waals surface area contributed by atoms with Gasteiger partial charge in [0.05, 0.1) is 0 Å². The van der Waals surface area contributed by atoms with Gasteiger partial charge in [-0.05, 0) is 31.9 Å². The van der Waals surface area contributed by atoms with Gasteiger partial charge in [0.2, 0.25) is 0 Å². The molecule has 2 heteroatoms. The molecule has 0 bridgehead atoms. The Bertz CT molecular complexity index is 254. The highest BCUT2D eigenvalue weighted by atomic mass is 14.9. The summed E-state index contributed by atoms with van der Waals surface area (Å²) in [5.41, 5.74) is 1.47. The monoisotopic (exact) mass is 192 g/mol. The van der Waals surface area contributed by atoms with E-state index in [1.807, 2.05) is 12.3 Å². The summed E-state index contributed by atoms with van der Waals surface area (Å²) in [6, 6.07) is 4.08. The zero-order valence-corrected chi connectivity index (χ0v) is 9.38. The number of pyridine rings is 1. The van der Waals surface area contributed by atoms with E-state index < -0.39 is 0 Å². The molecule has 14 heavy (non-hydrogen) atoms. The van der Waals surface area contributed by atoms with Gasteiger partial charge in [0.1, 0.15) is 0 Å². The minimum absolute atomic E-state index is 0.227. The number of aromatic nitrogens is 1. The molecule has 1 aromatic rings. The average molecular weight is 192 g/mol. The molecule has 1 N–H and O–H groups in total. The predicted molar refractivity (Wildman–Crippen MR) is 60.1 cm³/mol. The molecule has 0 saturated carbocycles. The molecule has 1 heterocycles. The SMILES string of the molecule is CCCC(C)(C)NCc1cccnc1. The second-order valence-corrected chi connectivity index (χ2v) is 4.35. The van der Waals surface area contributed by atoms with Crippen molar-refractivity contribution in [3.05, 3.63) is 30.1 Å². The smallest absolute Gasteiger partial charge is 0.0312 e. The van der Waals surface area contributed by atoms with Crippen LogP contribution in [0.4, 0.5) is 0 Å². The number of nitrogens with one attached hydrogen (secondary N) is 1. The zero-order chi connectivity index (χ0) is 10.4. The highest BCUT2D eigenvalue weighted by molar-refractivity contribution is 5.08. The van der Waals surface area contributed by atoms with Crippen LogP contribution in [0.1, 0.15) is 39.2 Å². The first-order chi connectivity index (χ1) is 6.64. The molecule has 1 aromatic heterocycles. The predicted octanol–water partition coefficient (Wildman–Crippen LogP) is 2.75. The van der Waals surface area contributed by atoms with E-state index in [9.17, 15) is 0 Å². The molecular weight excluding hydrogens is 172 g/mol. The molecule has 0 atom stereocenters. The van der Waals surface area contributed by atoms with Gasteiger partial charge in [0.25, 0.3) is 0 Å². The third-order valence-electron chi connectivity index (χ3n) is 2.37. The Hall–Kier alpha value is -0.890. The Balaban J connectivity index is 2.40. The van der Waals surface area contributed by atoms with E-state index in [0.717, 1.165) is 6.54 Å². The second kappa shape index (κ2) is 5.11. The van der Waals surface area contributed by atoms with Crippen LogP contribution >= 0.6 is 0 Å². The maximum Gasteiger partial charge on any atom is 0.0312 e. The van der Waals surface area contributed by atoms with Crippen molar-refractivity contribution in [2.24, 2.45) is 0 Å². The van der Waals surface area contributed by atoms with Crippen LogP contribution in [0.5, 0.6) is 0 Å². The van der Waals surface area contributed by atoms with E-state index in [4.69, 9.17) is 0 Å². The molecule has 78 valence electrons. The van der Waals surface area contributed by atoms with Crippen molar-refractivity contribution in [2.45, 2.75) is 45.7 Å². The number of nitrogens with zero attached hydrogens (tertiary/aromatic N) is 1. The third-order valence-corrected chi connectivity index (χ3v) is 2.37. The molecule has 0 saturated heterocycles. The van der Waals surface area contributed by atoms with Crippen molar-refractivity contribution in [2.75, 3.05) is 0 Å². The van der Waals surface area contributed by atoms with Crippen LogP contribution in [-0.4, -0.2) is 10.5 Å². The first-order valence-corrected chi connectivity index (χ1v) is 5.28. The van der Waals surface area contributed by atoms with Gasteiger partial charge in [0, 0.05) is 24.5 Å². The molecule has 0 fully saturated rings. The third kappa shape index (κ3) is 3.88. The quantitative estimate of drug-likeness (QED) is 0.776. The fourth-order valence-electron chi connectivity index (χ4n) is 1.56. The second-order valence-electron chi connectivity index (χ2n) is 4.35. The van der Waals surface area contributed by atoms with E-state index >= 15 is 0 Å². The van der Waals surface area contributed by atoms with Gasteiger partial charge in [-0.1, -0.05) is 19.4 Å². The number of hydrogen-bond acceptors (Lipinski definition) is 2. The fraction of sp³-hybridized carbons (Fsp3) is 0.583. The van der Waals surface area contributed by atoms with Gasteiger partial charge in [-0.3, -0.25) is 4.98 Å².